The van der Waals surface area contributed by atoms with Crippen LogP contribution in [0.2, 0.25) is 0 Å². The van der Waals surface area contributed by atoms with Gasteiger partial charge in [-0.1, -0.05) is 22.0 Å². The van der Waals surface area contributed by atoms with E-state index < -0.39 is 12.3 Å². The Balaban J connectivity index is 2.29. The second-order valence-corrected chi connectivity index (χ2v) is 5.82. The number of hydrogen-bond acceptors (Lipinski definition) is 4. The van der Waals surface area contributed by atoms with Crippen molar-refractivity contribution in [1.82, 2.24) is 9.78 Å². The van der Waals surface area contributed by atoms with Crippen molar-refractivity contribution in [3.05, 3.63) is 58.2 Å². The van der Waals surface area contributed by atoms with Gasteiger partial charge in [-0.2, -0.15) is 5.10 Å². The lowest BCUT2D eigenvalue weighted by Crippen LogP contribution is -2.03. The van der Waals surface area contributed by atoms with Crippen molar-refractivity contribution < 1.29 is 19.7 Å². The molecule has 0 radical (unpaired) electrons. The number of fused-ring (bicyclic) bond motifs is 1. The smallest absolute Gasteiger partial charge is 0.335 e. The Morgan fingerprint density at radius 2 is 2.09 bits per heavy atom. The summed E-state index contributed by atoms with van der Waals surface area (Å²) in [6, 6.07) is 12.2. The lowest BCUT2D eigenvalue weighted by Gasteiger charge is -2.05. The zero-order chi connectivity index (χ0) is 16.6. The quantitative estimate of drug-likeness (QED) is 0.683. The molecule has 1 atom stereocenters. The van der Waals surface area contributed by atoms with Gasteiger partial charge in [-0.25, -0.2) is 9.48 Å². The highest BCUT2D eigenvalue weighted by atomic mass is 79.9. The molecule has 0 aliphatic carbocycles. The third-order valence-corrected chi connectivity index (χ3v) is 3.96. The lowest BCUT2D eigenvalue weighted by atomic mass is 10.1. The van der Waals surface area contributed by atoms with Crippen LogP contribution in [0.25, 0.3) is 16.6 Å². The number of rotatable bonds is 4. The number of carbonyl (C=O) groups is 1. The largest absolute Gasteiger partial charge is 0.478 e. The van der Waals surface area contributed by atoms with Crippen LogP contribution >= 0.6 is 15.9 Å². The average molecular weight is 377 g/mol. The Labute approximate surface area is 140 Å². The second-order valence-electron chi connectivity index (χ2n) is 4.90. The Morgan fingerprint density at radius 3 is 2.74 bits per heavy atom. The Morgan fingerprint density at radius 1 is 1.30 bits per heavy atom. The number of halogens is 1. The third kappa shape index (κ3) is 2.86. The van der Waals surface area contributed by atoms with Gasteiger partial charge in [0.1, 0.15) is 5.69 Å². The van der Waals surface area contributed by atoms with Crippen molar-refractivity contribution in [2.45, 2.75) is 6.29 Å². The minimum absolute atomic E-state index is 0.121. The minimum Gasteiger partial charge on any atom is -0.478 e. The highest BCUT2D eigenvalue weighted by Gasteiger charge is 2.19. The molecular formula is C16H13BrN2O4. The van der Waals surface area contributed by atoms with Gasteiger partial charge >= 0.3 is 5.97 Å². The number of hydrogen-bond donors (Lipinski definition) is 2. The van der Waals surface area contributed by atoms with E-state index in [0.717, 1.165) is 10.2 Å². The van der Waals surface area contributed by atoms with E-state index in [2.05, 4.69) is 21.0 Å². The molecule has 118 valence electrons. The summed E-state index contributed by atoms with van der Waals surface area (Å²) >= 11 is 3.41. The molecule has 2 N–H and O–H groups in total. The van der Waals surface area contributed by atoms with Gasteiger partial charge in [0, 0.05) is 17.0 Å². The molecule has 3 rings (SSSR count). The molecule has 1 aromatic heterocycles. The van der Waals surface area contributed by atoms with Crippen LogP contribution in [0.1, 0.15) is 22.3 Å². The Bertz CT molecular complexity index is 891. The van der Waals surface area contributed by atoms with Gasteiger partial charge in [0.05, 0.1) is 16.8 Å². The molecule has 0 aliphatic rings. The summed E-state index contributed by atoms with van der Waals surface area (Å²) in [5, 5.41) is 24.1. The molecule has 0 amide bonds. The predicted molar refractivity (Wildman–Crippen MR) is 87.7 cm³/mol. The van der Waals surface area contributed by atoms with Crippen LogP contribution in [0.5, 0.6) is 0 Å². The molecule has 1 unspecified atom stereocenters. The molecule has 0 saturated heterocycles. The van der Waals surface area contributed by atoms with Gasteiger partial charge in [-0.3, -0.25) is 0 Å². The van der Waals surface area contributed by atoms with E-state index in [1.807, 2.05) is 24.3 Å². The van der Waals surface area contributed by atoms with Crippen LogP contribution in [0, 0.1) is 0 Å². The summed E-state index contributed by atoms with van der Waals surface area (Å²) < 4.78 is 7.47. The summed E-state index contributed by atoms with van der Waals surface area (Å²) in [4.78, 5) is 11.2. The highest BCUT2D eigenvalue weighted by molar-refractivity contribution is 9.10. The van der Waals surface area contributed by atoms with E-state index in [1.54, 1.807) is 10.7 Å². The van der Waals surface area contributed by atoms with Crippen LogP contribution in [0.15, 0.2) is 46.9 Å². The first-order chi connectivity index (χ1) is 11.0. The number of methoxy groups -OCH3 is 1. The van der Waals surface area contributed by atoms with Crippen molar-refractivity contribution >= 4 is 32.8 Å². The Hall–Kier alpha value is -2.22. The molecule has 0 aliphatic heterocycles. The minimum atomic E-state index is -1.24. The summed E-state index contributed by atoms with van der Waals surface area (Å²) in [5.41, 5.74) is 1.85. The molecule has 0 spiro atoms. The van der Waals surface area contributed by atoms with E-state index >= 15 is 0 Å². The van der Waals surface area contributed by atoms with Crippen LogP contribution < -0.4 is 0 Å². The van der Waals surface area contributed by atoms with Crippen LogP contribution in [0.4, 0.5) is 0 Å². The maximum Gasteiger partial charge on any atom is 0.335 e. The van der Waals surface area contributed by atoms with Crippen molar-refractivity contribution in [2.75, 3.05) is 7.11 Å². The fourth-order valence-corrected chi connectivity index (χ4v) is 2.76. The first-order valence-electron chi connectivity index (χ1n) is 6.74. The van der Waals surface area contributed by atoms with Crippen molar-refractivity contribution in [1.29, 1.82) is 0 Å². The summed E-state index contributed by atoms with van der Waals surface area (Å²) in [7, 11) is 1.36. The van der Waals surface area contributed by atoms with Gasteiger partial charge < -0.3 is 14.9 Å². The molecule has 2 aromatic carbocycles. The standard InChI is InChI=1S/C16H13BrN2O4/c1-23-16(22)14-12-7-9(15(20)21)5-6-13(12)19(18-14)11-4-2-3-10(17)8-11/h2-8,16,22H,1H3,(H,20,21). The number of carboxylic acids is 1. The zero-order valence-corrected chi connectivity index (χ0v) is 13.7. The van der Waals surface area contributed by atoms with Gasteiger partial charge in [-0.15, -0.1) is 0 Å². The van der Waals surface area contributed by atoms with Crippen molar-refractivity contribution in [3.63, 3.8) is 0 Å². The SMILES string of the molecule is COC(O)c1nn(-c2cccc(Br)c2)c2ccc(C(=O)O)cc12. The molecule has 6 nitrogen and oxygen atoms in total. The molecule has 7 heteroatoms. The molecule has 0 fully saturated rings. The number of benzene rings is 2. The van der Waals surface area contributed by atoms with Gasteiger partial charge in [-0.05, 0) is 36.4 Å². The van der Waals surface area contributed by atoms with Crippen LogP contribution in [-0.4, -0.2) is 33.1 Å². The van der Waals surface area contributed by atoms with Gasteiger partial charge in [0.2, 0.25) is 6.29 Å². The fourth-order valence-electron chi connectivity index (χ4n) is 2.37. The Kier molecular flexibility index (Phi) is 4.16. The van der Waals surface area contributed by atoms with Crippen LogP contribution in [-0.2, 0) is 4.74 Å². The molecular weight excluding hydrogens is 364 g/mol. The van der Waals surface area contributed by atoms with Crippen molar-refractivity contribution in [3.8, 4) is 5.69 Å². The summed E-state index contributed by atoms with van der Waals surface area (Å²) in [6.07, 6.45) is -1.24. The van der Waals surface area contributed by atoms with Gasteiger partial charge in [0.15, 0.2) is 0 Å². The number of aromatic nitrogens is 2. The monoisotopic (exact) mass is 376 g/mol. The third-order valence-electron chi connectivity index (χ3n) is 3.47. The molecule has 23 heavy (non-hydrogen) atoms. The average Bonchev–Trinajstić information content (AvgIpc) is 2.92. The topological polar surface area (TPSA) is 84.6 Å². The first-order valence-corrected chi connectivity index (χ1v) is 7.53. The number of nitrogens with zero attached hydrogens (tertiary/aromatic N) is 2. The van der Waals surface area contributed by atoms with Crippen LogP contribution in [0.3, 0.4) is 0 Å². The molecule has 0 bridgehead atoms. The van der Waals surface area contributed by atoms with E-state index in [9.17, 15) is 9.90 Å². The predicted octanol–water partition coefficient (Wildman–Crippen LogP) is 3.12. The summed E-state index contributed by atoms with van der Waals surface area (Å²) in [5.74, 6) is -1.04. The number of aliphatic hydroxyl groups excluding tert-OH is 1. The normalized spacial score (nSPS) is 12.5. The number of aromatic carboxylic acids is 1. The number of aliphatic hydroxyl groups is 1. The maximum atomic E-state index is 11.2. The zero-order valence-electron chi connectivity index (χ0n) is 12.1. The van der Waals surface area contributed by atoms with E-state index in [-0.39, 0.29) is 11.3 Å². The lowest BCUT2D eigenvalue weighted by molar-refractivity contribution is -0.0790. The van der Waals surface area contributed by atoms with Gasteiger partial charge in [0.25, 0.3) is 0 Å². The number of ether oxygens (including phenoxy) is 1. The fraction of sp³-hybridized carbons (Fsp3) is 0.125. The molecule has 1 heterocycles. The summed E-state index contributed by atoms with van der Waals surface area (Å²) in [6.45, 7) is 0. The number of carboxylic acid groups (broad SMARTS) is 1. The van der Waals surface area contributed by atoms with E-state index in [1.165, 1.54) is 19.2 Å². The highest BCUT2D eigenvalue weighted by Crippen LogP contribution is 2.28. The van der Waals surface area contributed by atoms with Crippen molar-refractivity contribution in [2.24, 2.45) is 0 Å². The van der Waals surface area contributed by atoms with E-state index in [4.69, 9.17) is 9.84 Å². The molecule has 0 saturated carbocycles. The molecule has 3 aromatic rings. The maximum absolute atomic E-state index is 11.2. The second kappa shape index (κ2) is 6.11. The first kappa shape index (κ1) is 15.7. The van der Waals surface area contributed by atoms with E-state index in [0.29, 0.717) is 10.9 Å².